The van der Waals surface area contributed by atoms with Crippen LogP contribution in [0.25, 0.3) is 21.9 Å². The average molecular weight is 369 g/mol. The Hall–Kier alpha value is -3.16. The van der Waals surface area contributed by atoms with E-state index in [4.69, 9.17) is 4.74 Å². The van der Waals surface area contributed by atoms with Gasteiger partial charge in [-0.3, -0.25) is 10.1 Å². The number of anilines is 2. The lowest BCUT2D eigenvalue weighted by Crippen LogP contribution is -2.05. The van der Waals surface area contributed by atoms with Gasteiger partial charge in [0.1, 0.15) is 11.3 Å². The van der Waals surface area contributed by atoms with Gasteiger partial charge >= 0.3 is 0 Å². The molecule has 3 heterocycles. The van der Waals surface area contributed by atoms with Crippen LogP contribution in [0.2, 0.25) is 0 Å². The van der Waals surface area contributed by atoms with Gasteiger partial charge in [0.2, 0.25) is 0 Å². The first-order chi connectivity index (χ1) is 13.0. The first kappa shape index (κ1) is 16.0. The third-order valence-corrected chi connectivity index (χ3v) is 4.93. The van der Waals surface area contributed by atoms with Gasteiger partial charge in [-0.25, -0.2) is 8.78 Å². The number of aromatic nitrogens is 4. The molecule has 2 N–H and O–H groups in total. The number of hydrogen-bond acceptors (Lipinski definition) is 4. The van der Waals surface area contributed by atoms with Gasteiger partial charge in [0, 0.05) is 36.9 Å². The highest BCUT2D eigenvalue weighted by Crippen LogP contribution is 2.48. The Balaban J connectivity index is 1.41. The van der Waals surface area contributed by atoms with Gasteiger partial charge in [0.05, 0.1) is 23.6 Å². The molecule has 1 aromatic carbocycles. The molecule has 1 aliphatic rings. The number of alkyl halides is 2. The molecule has 4 aromatic rings. The van der Waals surface area contributed by atoms with E-state index >= 15 is 0 Å². The van der Waals surface area contributed by atoms with Crippen LogP contribution in [-0.2, 0) is 7.05 Å². The highest BCUT2D eigenvalue weighted by Gasteiger charge is 2.57. The molecule has 0 radical (unpaired) electrons. The number of hydrogen-bond donors (Lipinski definition) is 2. The molecule has 0 saturated heterocycles. The number of aromatic amines is 1. The molecule has 1 fully saturated rings. The standard InChI is InChI=1S/C19H17F2N5O/c1-26-9-16(27-10-11-8-19(11,20)21)13-5-4-12(7-15(13)26)23-18-17-14(24-25-18)3-2-6-22-17/h2-7,9,11H,8,10H2,1H3,(H2,23,24,25). The summed E-state index contributed by atoms with van der Waals surface area (Å²) in [5.74, 6) is -1.98. The maximum atomic E-state index is 13.1. The van der Waals surface area contributed by atoms with Gasteiger partial charge in [0.15, 0.2) is 5.82 Å². The van der Waals surface area contributed by atoms with Crippen LogP contribution in [0.15, 0.2) is 42.7 Å². The first-order valence-corrected chi connectivity index (χ1v) is 8.67. The molecule has 6 nitrogen and oxygen atoms in total. The molecule has 1 aliphatic carbocycles. The van der Waals surface area contributed by atoms with E-state index in [1.165, 1.54) is 0 Å². The van der Waals surface area contributed by atoms with Crippen LogP contribution in [0.1, 0.15) is 6.42 Å². The number of fused-ring (bicyclic) bond motifs is 2. The largest absolute Gasteiger partial charge is 0.491 e. The molecule has 8 heteroatoms. The molecule has 5 rings (SSSR count). The summed E-state index contributed by atoms with van der Waals surface area (Å²) in [4.78, 5) is 4.34. The number of H-pyrrole nitrogens is 1. The van der Waals surface area contributed by atoms with E-state index in [2.05, 4.69) is 20.5 Å². The van der Waals surface area contributed by atoms with Crippen molar-refractivity contribution in [2.45, 2.75) is 12.3 Å². The lowest BCUT2D eigenvalue weighted by Gasteiger charge is -2.06. The number of halogens is 2. The number of rotatable bonds is 5. The van der Waals surface area contributed by atoms with Crippen LogP contribution in [0, 0.1) is 5.92 Å². The zero-order valence-electron chi connectivity index (χ0n) is 14.5. The summed E-state index contributed by atoms with van der Waals surface area (Å²) in [6.07, 6.45) is 3.45. The number of aryl methyl sites for hydroxylation is 1. The highest BCUT2D eigenvalue weighted by atomic mass is 19.3. The van der Waals surface area contributed by atoms with Gasteiger partial charge in [-0.1, -0.05) is 0 Å². The molecule has 1 atom stereocenters. The summed E-state index contributed by atoms with van der Waals surface area (Å²) in [5, 5.41) is 11.4. The lowest BCUT2D eigenvalue weighted by atomic mass is 10.2. The minimum Gasteiger partial charge on any atom is -0.491 e. The van der Waals surface area contributed by atoms with Crippen molar-refractivity contribution in [3.63, 3.8) is 0 Å². The number of nitrogens with one attached hydrogen (secondary N) is 2. The van der Waals surface area contributed by atoms with Crippen molar-refractivity contribution in [1.29, 1.82) is 0 Å². The zero-order valence-corrected chi connectivity index (χ0v) is 14.5. The minimum absolute atomic E-state index is 0.0387. The second kappa shape index (κ2) is 5.67. The summed E-state index contributed by atoms with van der Waals surface area (Å²) in [6.45, 7) is 0.0387. The van der Waals surface area contributed by atoms with Crippen molar-refractivity contribution in [1.82, 2.24) is 19.7 Å². The summed E-state index contributed by atoms with van der Waals surface area (Å²) in [5.41, 5.74) is 3.40. The average Bonchev–Trinajstić information content (AvgIpc) is 2.97. The van der Waals surface area contributed by atoms with E-state index in [-0.39, 0.29) is 13.0 Å². The zero-order chi connectivity index (χ0) is 18.6. The number of nitrogens with zero attached hydrogens (tertiary/aromatic N) is 3. The van der Waals surface area contributed by atoms with Gasteiger partial charge < -0.3 is 14.6 Å². The molecular weight excluding hydrogens is 352 g/mol. The number of benzene rings is 1. The van der Waals surface area contributed by atoms with E-state index in [0.29, 0.717) is 11.6 Å². The quantitative estimate of drug-likeness (QED) is 0.553. The third kappa shape index (κ3) is 2.77. The SMILES string of the molecule is Cn1cc(OCC2CC2(F)F)c2ccc(Nc3n[nH]c4cccnc34)cc21. The Labute approximate surface area is 153 Å². The predicted octanol–water partition coefficient (Wildman–Crippen LogP) is 4.23. The summed E-state index contributed by atoms with van der Waals surface area (Å²) >= 11 is 0. The van der Waals surface area contributed by atoms with Crippen molar-refractivity contribution in [2.75, 3.05) is 11.9 Å². The van der Waals surface area contributed by atoms with E-state index in [1.54, 1.807) is 6.20 Å². The van der Waals surface area contributed by atoms with E-state index < -0.39 is 11.8 Å². The molecule has 3 aromatic heterocycles. The Morgan fingerprint density at radius 1 is 1.37 bits per heavy atom. The molecular formula is C19H17F2N5O. The predicted molar refractivity (Wildman–Crippen MR) is 98.6 cm³/mol. The molecule has 0 amide bonds. The van der Waals surface area contributed by atoms with Crippen LogP contribution in [0.4, 0.5) is 20.3 Å². The maximum Gasteiger partial charge on any atom is 0.255 e. The van der Waals surface area contributed by atoms with Gasteiger partial charge in [-0.15, -0.1) is 0 Å². The van der Waals surface area contributed by atoms with Crippen molar-refractivity contribution in [3.8, 4) is 5.75 Å². The van der Waals surface area contributed by atoms with Crippen molar-refractivity contribution >= 4 is 33.4 Å². The fourth-order valence-electron chi connectivity index (χ4n) is 3.26. The molecule has 27 heavy (non-hydrogen) atoms. The van der Waals surface area contributed by atoms with Crippen LogP contribution >= 0.6 is 0 Å². The highest BCUT2D eigenvalue weighted by molar-refractivity contribution is 5.92. The first-order valence-electron chi connectivity index (χ1n) is 8.67. The molecule has 1 saturated carbocycles. The fraction of sp³-hybridized carbons (Fsp3) is 0.263. The third-order valence-electron chi connectivity index (χ3n) is 4.93. The van der Waals surface area contributed by atoms with E-state index in [9.17, 15) is 8.78 Å². The van der Waals surface area contributed by atoms with Crippen molar-refractivity contribution < 1.29 is 13.5 Å². The van der Waals surface area contributed by atoms with E-state index in [1.807, 2.05) is 48.1 Å². The minimum atomic E-state index is -2.57. The molecule has 0 aliphatic heterocycles. The van der Waals surface area contributed by atoms with Crippen LogP contribution < -0.4 is 10.1 Å². The topological polar surface area (TPSA) is 67.8 Å². The van der Waals surface area contributed by atoms with Gasteiger partial charge in [0.25, 0.3) is 5.92 Å². The second-order valence-corrected chi connectivity index (χ2v) is 6.91. The molecule has 0 bridgehead atoms. The fourth-order valence-corrected chi connectivity index (χ4v) is 3.26. The van der Waals surface area contributed by atoms with Crippen LogP contribution in [0.3, 0.4) is 0 Å². The van der Waals surface area contributed by atoms with Crippen molar-refractivity contribution in [2.24, 2.45) is 13.0 Å². The smallest absolute Gasteiger partial charge is 0.255 e. The van der Waals surface area contributed by atoms with Crippen molar-refractivity contribution in [3.05, 3.63) is 42.7 Å². The van der Waals surface area contributed by atoms with Crippen LogP contribution in [0.5, 0.6) is 5.75 Å². The molecule has 0 spiro atoms. The Morgan fingerprint density at radius 3 is 3.04 bits per heavy atom. The normalized spacial score (nSPS) is 18.1. The molecule has 1 unspecified atom stereocenters. The number of ether oxygens (including phenoxy) is 1. The lowest BCUT2D eigenvalue weighted by molar-refractivity contribution is 0.0858. The summed E-state index contributed by atoms with van der Waals surface area (Å²) in [6, 6.07) is 9.55. The van der Waals surface area contributed by atoms with Gasteiger partial charge in [-0.05, 0) is 30.3 Å². The second-order valence-electron chi connectivity index (χ2n) is 6.91. The Bertz CT molecular complexity index is 1150. The molecule has 138 valence electrons. The monoisotopic (exact) mass is 369 g/mol. The maximum absolute atomic E-state index is 13.1. The Morgan fingerprint density at radius 2 is 2.22 bits per heavy atom. The summed E-state index contributed by atoms with van der Waals surface area (Å²) < 4.78 is 33.7. The number of pyridine rings is 1. The van der Waals surface area contributed by atoms with E-state index in [0.717, 1.165) is 27.6 Å². The Kier molecular flexibility index (Phi) is 3.37. The summed E-state index contributed by atoms with van der Waals surface area (Å²) in [7, 11) is 1.90. The van der Waals surface area contributed by atoms with Crippen LogP contribution in [-0.4, -0.2) is 32.3 Å². The van der Waals surface area contributed by atoms with Gasteiger partial charge in [-0.2, -0.15) is 5.10 Å².